The molecule has 0 saturated carbocycles. The van der Waals surface area contributed by atoms with Crippen molar-refractivity contribution in [3.05, 3.63) is 12.2 Å². The van der Waals surface area contributed by atoms with Crippen molar-refractivity contribution in [2.24, 2.45) is 10.7 Å². The first-order valence-corrected chi connectivity index (χ1v) is 6.06. The predicted octanol–water partition coefficient (Wildman–Crippen LogP) is 1.28. The van der Waals surface area contributed by atoms with Gasteiger partial charge in [0.1, 0.15) is 0 Å². The summed E-state index contributed by atoms with van der Waals surface area (Å²) >= 11 is 0. The van der Waals surface area contributed by atoms with E-state index in [9.17, 15) is 0 Å². The van der Waals surface area contributed by atoms with E-state index in [0.29, 0.717) is 32.3 Å². The Morgan fingerprint density at radius 3 is 3.00 bits per heavy atom. The van der Waals surface area contributed by atoms with Crippen molar-refractivity contribution >= 4 is 29.9 Å². The van der Waals surface area contributed by atoms with E-state index in [1.54, 1.807) is 0 Å². The summed E-state index contributed by atoms with van der Waals surface area (Å²) in [6.45, 7) is 9.05. The third-order valence-electron chi connectivity index (χ3n) is 2.40. The quantitative estimate of drug-likeness (QED) is 0.233. The monoisotopic (exact) mass is 369 g/mol. The van der Waals surface area contributed by atoms with Crippen molar-refractivity contribution in [3.63, 3.8) is 0 Å². The lowest BCUT2D eigenvalue weighted by Crippen LogP contribution is -2.34. The van der Waals surface area contributed by atoms with Crippen LogP contribution >= 0.6 is 24.0 Å². The number of guanidine groups is 1. The molecule has 106 valence electrons. The van der Waals surface area contributed by atoms with E-state index in [0.717, 1.165) is 25.0 Å². The third-order valence-corrected chi connectivity index (χ3v) is 2.40. The zero-order valence-corrected chi connectivity index (χ0v) is 13.3. The molecule has 0 radical (unpaired) electrons. The molecule has 0 spiro atoms. The Kier molecular flexibility index (Phi) is 10.4. The molecule has 6 heteroatoms. The van der Waals surface area contributed by atoms with Gasteiger partial charge in [0, 0.05) is 13.2 Å². The second-order valence-corrected chi connectivity index (χ2v) is 4.30. The topological polar surface area (TPSA) is 68.9 Å². The molecule has 1 atom stereocenters. The van der Waals surface area contributed by atoms with E-state index in [4.69, 9.17) is 15.2 Å². The summed E-state index contributed by atoms with van der Waals surface area (Å²) in [6, 6.07) is 0. The molecule has 1 heterocycles. The SMILES string of the molecule is C=C(C)CN=C(N)NCCOCC1CCCO1.I. The lowest BCUT2D eigenvalue weighted by atomic mass is 10.2. The van der Waals surface area contributed by atoms with E-state index >= 15 is 0 Å². The van der Waals surface area contributed by atoms with Crippen LogP contribution in [-0.4, -0.2) is 45.0 Å². The molecule has 1 saturated heterocycles. The molecular formula is C12H24IN3O2. The Morgan fingerprint density at radius 1 is 1.61 bits per heavy atom. The van der Waals surface area contributed by atoms with Crippen LogP contribution in [0.15, 0.2) is 17.1 Å². The maximum Gasteiger partial charge on any atom is 0.188 e. The van der Waals surface area contributed by atoms with Crippen LogP contribution in [0.4, 0.5) is 0 Å². The normalized spacial score (nSPS) is 19.4. The van der Waals surface area contributed by atoms with Crippen molar-refractivity contribution in [3.8, 4) is 0 Å². The second kappa shape index (κ2) is 10.6. The van der Waals surface area contributed by atoms with Crippen LogP contribution in [0.5, 0.6) is 0 Å². The Hall–Kier alpha value is -0.340. The first-order valence-electron chi connectivity index (χ1n) is 6.06. The van der Waals surface area contributed by atoms with Crippen molar-refractivity contribution in [1.29, 1.82) is 0 Å². The average molecular weight is 369 g/mol. The molecule has 1 aliphatic rings. The zero-order chi connectivity index (χ0) is 12.5. The summed E-state index contributed by atoms with van der Waals surface area (Å²) in [5, 5.41) is 2.98. The number of ether oxygens (including phenoxy) is 2. The summed E-state index contributed by atoms with van der Waals surface area (Å²) in [6.07, 6.45) is 2.53. The van der Waals surface area contributed by atoms with Crippen LogP contribution in [-0.2, 0) is 9.47 Å². The largest absolute Gasteiger partial charge is 0.377 e. The Bertz CT molecular complexity index is 266. The average Bonchev–Trinajstić information content (AvgIpc) is 2.79. The molecule has 0 aliphatic carbocycles. The van der Waals surface area contributed by atoms with Gasteiger partial charge in [-0.25, -0.2) is 4.99 Å². The van der Waals surface area contributed by atoms with Crippen LogP contribution in [0.2, 0.25) is 0 Å². The van der Waals surface area contributed by atoms with Gasteiger partial charge in [0.25, 0.3) is 0 Å². The molecule has 1 rings (SSSR count). The summed E-state index contributed by atoms with van der Waals surface area (Å²) in [5.41, 5.74) is 6.63. The smallest absolute Gasteiger partial charge is 0.188 e. The molecule has 0 aromatic heterocycles. The van der Waals surface area contributed by atoms with Gasteiger partial charge >= 0.3 is 0 Å². The van der Waals surface area contributed by atoms with Crippen LogP contribution < -0.4 is 11.1 Å². The molecule has 18 heavy (non-hydrogen) atoms. The van der Waals surface area contributed by atoms with Gasteiger partial charge in [-0.2, -0.15) is 0 Å². The number of hydrogen-bond acceptors (Lipinski definition) is 3. The van der Waals surface area contributed by atoms with Crippen molar-refractivity contribution in [2.45, 2.75) is 25.9 Å². The maximum atomic E-state index is 5.64. The molecule has 0 bridgehead atoms. The van der Waals surface area contributed by atoms with Crippen molar-refractivity contribution < 1.29 is 9.47 Å². The molecule has 5 nitrogen and oxygen atoms in total. The minimum atomic E-state index is 0. The minimum Gasteiger partial charge on any atom is -0.377 e. The third kappa shape index (κ3) is 8.71. The second-order valence-electron chi connectivity index (χ2n) is 4.30. The fourth-order valence-electron chi connectivity index (χ4n) is 1.52. The van der Waals surface area contributed by atoms with E-state index in [-0.39, 0.29) is 30.1 Å². The zero-order valence-electron chi connectivity index (χ0n) is 11.0. The van der Waals surface area contributed by atoms with Gasteiger partial charge in [-0.1, -0.05) is 12.2 Å². The number of halogens is 1. The predicted molar refractivity (Wildman–Crippen MR) is 84.5 cm³/mol. The number of nitrogens with zero attached hydrogens (tertiary/aromatic N) is 1. The van der Waals surface area contributed by atoms with Gasteiger partial charge in [-0.15, -0.1) is 24.0 Å². The lowest BCUT2D eigenvalue weighted by Gasteiger charge is -2.10. The Balaban J connectivity index is 0.00000289. The number of aliphatic imine (C=N–C) groups is 1. The highest BCUT2D eigenvalue weighted by Gasteiger charge is 2.14. The number of rotatable bonds is 7. The van der Waals surface area contributed by atoms with Gasteiger partial charge < -0.3 is 20.5 Å². The number of nitrogens with one attached hydrogen (secondary N) is 1. The molecule has 0 aromatic rings. The van der Waals surface area contributed by atoms with Gasteiger partial charge in [0.05, 0.1) is 25.9 Å². The summed E-state index contributed by atoms with van der Waals surface area (Å²) < 4.78 is 10.9. The molecular weight excluding hydrogens is 345 g/mol. The molecule has 1 aliphatic heterocycles. The van der Waals surface area contributed by atoms with E-state index in [1.165, 1.54) is 0 Å². The maximum absolute atomic E-state index is 5.64. The van der Waals surface area contributed by atoms with Crippen LogP contribution in [0, 0.1) is 0 Å². The highest BCUT2D eigenvalue weighted by molar-refractivity contribution is 14.0. The minimum absolute atomic E-state index is 0. The van der Waals surface area contributed by atoms with Crippen LogP contribution in [0.3, 0.4) is 0 Å². The van der Waals surface area contributed by atoms with Gasteiger partial charge in [-0.05, 0) is 19.8 Å². The summed E-state index contributed by atoms with van der Waals surface area (Å²) in [5.74, 6) is 0.439. The van der Waals surface area contributed by atoms with Crippen LogP contribution in [0.1, 0.15) is 19.8 Å². The first kappa shape index (κ1) is 17.7. The summed E-state index contributed by atoms with van der Waals surface area (Å²) in [7, 11) is 0. The van der Waals surface area contributed by atoms with Gasteiger partial charge in [0.15, 0.2) is 5.96 Å². The highest BCUT2D eigenvalue weighted by Crippen LogP contribution is 2.11. The van der Waals surface area contributed by atoms with Gasteiger partial charge in [-0.3, -0.25) is 0 Å². The van der Waals surface area contributed by atoms with Crippen molar-refractivity contribution in [2.75, 3.05) is 32.9 Å². The molecule has 0 amide bonds. The Morgan fingerprint density at radius 2 is 2.39 bits per heavy atom. The van der Waals surface area contributed by atoms with Crippen LogP contribution in [0.25, 0.3) is 0 Å². The highest BCUT2D eigenvalue weighted by atomic mass is 127. The fourth-order valence-corrected chi connectivity index (χ4v) is 1.52. The molecule has 1 unspecified atom stereocenters. The molecule has 1 fully saturated rings. The molecule has 3 N–H and O–H groups in total. The fraction of sp³-hybridized carbons (Fsp3) is 0.750. The molecule has 0 aromatic carbocycles. The van der Waals surface area contributed by atoms with E-state index in [2.05, 4.69) is 16.9 Å². The standard InChI is InChI=1S/C12H23N3O2.HI/c1-10(2)8-15-12(13)14-5-7-16-9-11-4-3-6-17-11;/h11H,1,3-9H2,2H3,(H3,13,14,15);1H. The van der Waals surface area contributed by atoms with E-state index in [1.807, 2.05) is 6.92 Å². The van der Waals surface area contributed by atoms with Gasteiger partial charge in [0.2, 0.25) is 0 Å². The Labute approximate surface area is 126 Å². The lowest BCUT2D eigenvalue weighted by molar-refractivity contribution is 0.0191. The summed E-state index contributed by atoms with van der Waals surface area (Å²) in [4.78, 5) is 4.10. The number of nitrogens with two attached hydrogens (primary N) is 1. The number of hydrogen-bond donors (Lipinski definition) is 2. The van der Waals surface area contributed by atoms with E-state index < -0.39 is 0 Å². The first-order chi connectivity index (χ1) is 8.18. The van der Waals surface area contributed by atoms with Crippen molar-refractivity contribution in [1.82, 2.24) is 5.32 Å².